The van der Waals surface area contributed by atoms with Crippen LogP contribution in [0.25, 0.3) is 11.0 Å². The van der Waals surface area contributed by atoms with Crippen LogP contribution >= 0.6 is 7.60 Å². The van der Waals surface area contributed by atoms with Crippen molar-refractivity contribution >= 4 is 24.3 Å². The van der Waals surface area contributed by atoms with Gasteiger partial charge in [0.25, 0.3) is 0 Å². The zero-order valence-corrected chi connectivity index (χ0v) is 23.9. The van der Waals surface area contributed by atoms with Crippen LogP contribution in [0.4, 0.5) is 4.79 Å². The van der Waals surface area contributed by atoms with E-state index in [0.29, 0.717) is 41.6 Å². The van der Waals surface area contributed by atoms with E-state index < -0.39 is 13.3 Å². The number of phenolic OH excluding ortho intramolecular Hbond substituents is 1. The van der Waals surface area contributed by atoms with Crippen LogP contribution in [0, 0.1) is 12.8 Å². The summed E-state index contributed by atoms with van der Waals surface area (Å²) < 4.78 is 20.4. The summed E-state index contributed by atoms with van der Waals surface area (Å²) in [7, 11) is -5.43. The molecule has 9 nitrogen and oxygen atoms in total. The molecule has 0 bridgehead atoms. The van der Waals surface area contributed by atoms with Gasteiger partial charge in [0.2, 0.25) is 0 Å². The summed E-state index contributed by atoms with van der Waals surface area (Å²) in [6, 6.07) is 3.12. The fourth-order valence-corrected chi connectivity index (χ4v) is 2.52. The number of carboxylic acid groups (broad SMARTS) is 1. The van der Waals surface area contributed by atoms with Crippen LogP contribution in [0.2, 0.25) is 0 Å². The van der Waals surface area contributed by atoms with Gasteiger partial charge in [0.05, 0.1) is 12.3 Å². The smallest absolute Gasteiger partial charge is 0.807 e. The van der Waals surface area contributed by atoms with Crippen LogP contribution in [-0.4, -0.2) is 17.4 Å². The first-order valence-electron chi connectivity index (χ1n) is 7.66. The molecule has 1 N–H and O–H groups in total. The van der Waals surface area contributed by atoms with Gasteiger partial charge in [-0.25, -0.2) is 0 Å². The maximum Gasteiger partial charge on any atom is 1.00 e. The van der Waals surface area contributed by atoms with Crippen LogP contribution in [0.1, 0.15) is 24.7 Å². The van der Waals surface area contributed by atoms with Crippen LogP contribution in [0.15, 0.2) is 21.3 Å². The number of carbonyl (C=O) groups is 1. The van der Waals surface area contributed by atoms with Gasteiger partial charge in [0.1, 0.15) is 28.2 Å². The Hall–Kier alpha value is 0.650. The van der Waals surface area contributed by atoms with Gasteiger partial charge in [-0.05, 0) is 33.3 Å². The van der Waals surface area contributed by atoms with Crippen LogP contribution < -0.4 is 114 Å². The number of rotatable bonds is 1. The fraction of sp³-hybridized carbons (Fsp3) is 0.375. The second kappa shape index (κ2) is 13.3. The third-order valence-electron chi connectivity index (χ3n) is 3.81. The number of fused-ring (bicyclic) bond motifs is 2. The van der Waals surface area contributed by atoms with E-state index in [1.807, 2.05) is 0 Å². The number of aromatic hydroxyl groups is 1. The van der Waals surface area contributed by atoms with E-state index in [1.54, 1.807) is 13.0 Å². The van der Waals surface area contributed by atoms with Gasteiger partial charge < -0.3 is 38.5 Å². The summed E-state index contributed by atoms with van der Waals surface area (Å²) in [5.74, 6) is 1.59. The van der Waals surface area contributed by atoms with Gasteiger partial charge in [0.15, 0.2) is 5.43 Å². The van der Waals surface area contributed by atoms with E-state index in [2.05, 4.69) is 6.92 Å². The molecule has 1 aromatic heterocycles. The SMILES string of the molecule is Cc1cc(=O)c2c(O)c3c(cc2o1)OCC(C)CC3.O=C([O-])P(=O)([O-])[O-].[Na+].[Na+].[Na+]. The van der Waals surface area contributed by atoms with Crippen LogP contribution in [-0.2, 0) is 11.0 Å². The second-order valence-corrected chi connectivity index (χ2v) is 7.37. The molecule has 1 aromatic carbocycles. The zero-order chi connectivity index (χ0) is 19.6. The molecule has 1 atom stereocenters. The van der Waals surface area contributed by atoms with E-state index in [1.165, 1.54) is 6.07 Å². The molecule has 1 unspecified atom stereocenters. The first-order valence-corrected chi connectivity index (χ1v) is 9.20. The topological polar surface area (TPSA) is 163 Å². The molecule has 2 aromatic rings. The summed E-state index contributed by atoms with van der Waals surface area (Å²) in [6.07, 6.45) is 1.65. The van der Waals surface area contributed by atoms with Crippen molar-refractivity contribution in [1.82, 2.24) is 0 Å². The van der Waals surface area contributed by atoms with E-state index in [9.17, 15) is 9.90 Å². The van der Waals surface area contributed by atoms with Crippen molar-refractivity contribution in [3.63, 3.8) is 0 Å². The Bertz CT molecular complexity index is 955. The van der Waals surface area contributed by atoms with Gasteiger partial charge in [-0.3, -0.25) is 4.79 Å². The molecular weight excluding hydrogens is 436 g/mol. The summed E-state index contributed by atoms with van der Waals surface area (Å²) in [5, 5.41) is 19.6. The summed E-state index contributed by atoms with van der Waals surface area (Å²) >= 11 is 0. The van der Waals surface area contributed by atoms with Crippen LogP contribution in [0.5, 0.6) is 11.5 Å². The molecule has 29 heavy (non-hydrogen) atoms. The second-order valence-electron chi connectivity index (χ2n) is 6.01. The minimum absolute atomic E-state index is 0. The molecule has 0 saturated carbocycles. The Morgan fingerprint density at radius 1 is 1.24 bits per heavy atom. The first-order chi connectivity index (χ1) is 12.0. The molecule has 1 aliphatic rings. The molecule has 0 amide bonds. The van der Waals surface area contributed by atoms with E-state index >= 15 is 0 Å². The summed E-state index contributed by atoms with van der Waals surface area (Å²) in [5.41, 5.74) is -1.67. The Balaban J connectivity index is 0. The van der Waals surface area contributed by atoms with Crippen molar-refractivity contribution in [3.8, 4) is 11.5 Å². The predicted octanol–water partition coefficient (Wildman–Crippen LogP) is -8.98. The minimum Gasteiger partial charge on any atom is -0.807 e. The van der Waals surface area contributed by atoms with Crippen LogP contribution in [0.3, 0.4) is 0 Å². The molecule has 2 heterocycles. The van der Waals surface area contributed by atoms with Crippen molar-refractivity contribution in [2.45, 2.75) is 26.7 Å². The Kier molecular flexibility index (Phi) is 14.6. The number of carbonyl (C=O) groups excluding carboxylic acids is 1. The first kappa shape index (κ1) is 31.8. The summed E-state index contributed by atoms with van der Waals surface area (Å²) in [4.78, 5) is 39.3. The van der Waals surface area contributed by atoms with E-state index in [-0.39, 0.29) is 105 Å². The maximum atomic E-state index is 12.0. The van der Waals surface area contributed by atoms with Crippen molar-refractivity contribution < 1.29 is 127 Å². The van der Waals surface area contributed by atoms with Gasteiger partial charge in [-0.1, -0.05) is 6.92 Å². The maximum absolute atomic E-state index is 12.0. The number of hydrogen-bond acceptors (Lipinski definition) is 9. The van der Waals surface area contributed by atoms with Crippen molar-refractivity contribution in [2.24, 2.45) is 5.92 Å². The standard InChI is InChI=1S/C15H16O4.CH3O5P.3Na/c1-8-3-4-10-12(18-7-8)6-13-14(15(10)17)11(16)5-9(2)19-13;2-1(3)7(4,5)6;;;/h5-6,8,17H,3-4,7H2,1-2H3;(H,2,3)(H2,4,5,6);;;/q;;3*+1/p-3. The molecule has 142 valence electrons. The van der Waals surface area contributed by atoms with Crippen molar-refractivity contribution in [3.05, 3.63) is 33.7 Å². The Labute approximate surface area is 233 Å². The average Bonchev–Trinajstić information content (AvgIpc) is 2.68. The van der Waals surface area contributed by atoms with Gasteiger partial charge in [0, 0.05) is 17.7 Å². The Morgan fingerprint density at radius 3 is 2.31 bits per heavy atom. The quantitative estimate of drug-likeness (QED) is 0.327. The molecule has 1 aliphatic heterocycles. The Morgan fingerprint density at radius 2 is 1.79 bits per heavy atom. The molecule has 0 saturated heterocycles. The average molecular weight is 452 g/mol. The van der Waals surface area contributed by atoms with Gasteiger partial charge >= 0.3 is 88.7 Å². The number of phenols is 1. The number of ether oxygens (including phenoxy) is 1. The summed E-state index contributed by atoms with van der Waals surface area (Å²) in [6.45, 7) is 4.44. The molecule has 0 spiro atoms. The minimum atomic E-state index is -5.43. The zero-order valence-electron chi connectivity index (χ0n) is 17.0. The third-order valence-corrected chi connectivity index (χ3v) is 4.26. The molecule has 0 aliphatic carbocycles. The third kappa shape index (κ3) is 8.60. The van der Waals surface area contributed by atoms with E-state index in [0.717, 1.165) is 6.42 Å². The van der Waals surface area contributed by atoms with Gasteiger partial charge in [-0.15, -0.1) is 0 Å². The largest absolute Gasteiger partial charge is 1.00 e. The number of benzene rings is 1. The number of aryl methyl sites for hydroxylation is 1. The molecule has 13 heteroatoms. The van der Waals surface area contributed by atoms with Crippen molar-refractivity contribution in [2.75, 3.05) is 6.61 Å². The molecule has 3 rings (SSSR count). The molecule has 0 fully saturated rings. The monoisotopic (exact) mass is 452 g/mol. The number of hydrogen-bond donors (Lipinski definition) is 1. The fourth-order valence-electron chi connectivity index (χ4n) is 2.52. The predicted molar refractivity (Wildman–Crippen MR) is 84.9 cm³/mol. The van der Waals surface area contributed by atoms with E-state index in [4.69, 9.17) is 33.4 Å². The molecule has 0 radical (unpaired) electrons. The van der Waals surface area contributed by atoms with Gasteiger partial charge in [-0.2, -0.15) is 0 Å². The molecular formula is C16H16Na3O9P. The van der Waals surface area contributed by atoms with Crippen molar-refractivity contribution in [1.29, 1.82) is 0 Å². The normalized spacial score (nSPS) is 15.0.